The molecule has 1 aromatic rings. The zero-order valence-corrected chi connectivity index (χ0v) is 14.7. The first-order valence-corrected chi connectivity index (χ1v) is 8.53. The summed E-state index contributed by atoms with van der Waals surface area (Å²) in [5.74, 6) is 0.580. The van der Waals surface area contributed by atoms with Gasteiger partial charge in [0.15, 0.2) is 0 Å². The molecule has 0 aromatic heterocycles. The number of nitrogens with one attached hydrogen (secondary N) is 2. The average Bonchev–Trinajstić information content (AvgIpc) is 3.07. The zero-order chi connectivity index (χ0) is 16.1. The summed E-state index contributed by atoms with van der Waals surface area (Å²) in [5.41, 5.74) is 1.09. The van der Waals surface area contributed by atoms with Gasteiger partial charge in [-0.1, -0.05) is 12.1 Å². The summed E-state index contributed by atoms with van der Waals surface area (Å²) < 4.78 is 5.25. The molecule has 0 radical (unpaired) electrons. The highest BCUT2D eigenvalue weighted by Gasteiger charge is 2.30. The maximum atomic E-state index is 12.2. The summed E-state index contributed by atoms with van der Waals surface area (Å²) in [4.78, 5) is 12.2. The van der Waals surface area contributed by atoms with Crippen LogP contribution in [0.25, 0.3) is 0 Å². The van der Waals surface area contributed by atoms with Gasteiger partial charge in [0.05, 0.1) is 5.60 Å². The van der Waals surface area contributed by atoms with E-state index in [0.29, 0.717) is 37.5 Å². The van der Waals surface area contributed by atoms with Gasteiger partial charge in [0.1, 0.15) is 0 Å². The second-order valence-corrected chi connectivity index (χ2v) is 6.78. The Labute approximate surface area is 149 Å². The number of ether oxygens (including phenoxy) is 1. The van der Waals surface area contributed by atoms with E-state index in [1.54, 1.807) is 0 Å². The van der Waals surface area contributed by atoms with Gasteiger partial charge < -0.3 is 20.5 Å². The van der Waals surface area contributed by atoms with E-state index in [1.807, 2.05) is 24.3 Å². The predicted octanol–water partition coefficient (Wildman–Crippen LogP) is 1.53. The summed E-state index contributed by atoms with van der Waals surface area (Å²) >= 11 is 0. The van der Waals surface area contributed by atoms with Crippen LogP contribution in [0.5, 0.6) is 0 Å². The Hall–Kier alpha value is -1.14. The molecule has 2 saturated heterocycles. The van der Waals surface area contributed by atoms with E-state index in [9.17, 15) is 9.90 Å². The summed E-state index contributed by atoms with van der Waals surface area (Å²) in [6.45, 7) is 3.59. The fraction of sp³-hybridized carbons (Fsp3) is 0.611. The van der Waals surface area contributed by atoms with Crippen molar-refractivity contribution in [3.05, 3.63) is 35.4 Å². The van der Waals surface area contributed by atoms with Crippen molar-refractivity contribution >= 4 is 18.3 Å². The highest BCUT2D eigenvalue weighted by Crippen LogP contribution is 2.20. The van der Waals surface area contributed by atoms with E-state index in [4.69, 9.17) is 4.74 Å². The monoisotopic (exact) mass is 354 g/mol. The quantitative estimate of drug-likeness (QED) is 0.750. The summed E-state index contributed by atoms with van der Waals surface area (Å²) in [6, 6.07) is 7.83. The van der Waals surface area contributed by atoms with E-state index >= 15 is 0 Å². The number of halogens is 1. The maximum absolute atomic E-state index is 12.2. The molecule has 2 aliphatic rings. The van der Waals surface area contributed by atoms with Crippen LogP contribution in [0, 0.1) is 5.92 Å². The van der Waals surface area contributed by atoms with Gasteiger partial charge in [-0.05, 0) is 49.5 Å². The van der Waals surface area contributed by atoms with E-state index in [0.717, 1.165) is 19.5 Å². The van der Waals surface area contributed by atoms with Gasteiger partial charge in [-0.25, -0.2) is 0 Å². The predicted molar refractivity (Wildman–Crippen MR) is 95.7 cm³/mol. The Morgan fingerprint density at radius 3 is 2.62 bits per heavy atom. The van der Waals surface area contributed by atoms with E-state index in [2.05, 4.69) is 10.6 Å². The minimum Gasteiger partial charge on any atom is -0.388 e. The van der Waals surface area contributed by atoms with Gasteiger partial charge in [0.2, 0.25) is 0 Å². The van der Waals surface area contributed by atoms with Crippen molar-refractivity contribution in [2.45, 2.75) is 31.3 Å². The van der Waals surface area contributed by atoms with Crippen LogP contribution in [-0.2, 0) is 11.2 Å². The standard InChI is InChI=1S/C18H26N2O3.ClH/c21-17(20-13-18(22)6-9-23-10-7-18)16-3-1-14(2-4-16)11-15-5-8-19-12-15;/h1-4,15,19,22H,5-13H2,(H,20,21);1H. The van der Waals surface area contributed by atoms with Crippen molar-refractivity contribution in [2.75, 3.05) is 32.8 Å². The van der Waals surface area contributed by atoms with Crippen molar-refractivity contribution in [3.63, 3.8) is 0 Å². The Morgan fingerprint density at radius 1 is 1.29 bits per heavy atom. The molecule has 0 aliphatic carbocycles. The number of rotatable bonds is 5. The summed E-state index contributed by atoms with van der Waals surface area (Å²) in [5, 5.41) is 16.6. The molecule has 0 saturated carbocycles. The van der Waals surface area contributed by atoms with Gasteiger partial charge >= 0.3 is 0 Å². The van der Waals surface area contributed by atoms with Gasteiger partial charge in [-0.15, -0.1) is 12.4 Å². The van der Waals surface area contributed by atoms with Crippen molar-refractivity contribution in [3.8, 4) is 0 Å². The Morgan fingerprint density at radius 2 is 2.00 bits per heavy atom. The smallest absolute Gasteiger partial charge is 0.251 e. The molecule has 134 valence electrons. The molecule has 1 unspecified atom stereocenters. The molecular formula is C18H27ClN2O3. The Bertz CT molecular complexity index is 524. The third-order valence-corrected chi connectivity index (χ3v) is 4.90. The number of amides is 1. The molecule has 0 bridgehead atoms. The van der Waals surface area contributed by atoms with Crippen LogP contribution in [0.1, 0.15) is 35.2 Å². The van der Waals surface area contributed by atoms with Crippen LogP contribution in [0.15, 0.2) is 24.3 Å². The molecule has 0 spiro atoms. The molecule has 2 aliphatic heterocycles. The second kappa shape index (κ2) is 8.81. The number of benzene rings is 1. The molecule has 2 fully saturated rings. The lowest BCUT2D eigenvalue weighted by Crippen LogP contribution is -2.46. The molecule has 6 heteroatoms. The van der Waals surface area contributed by atoms with Gasteiger partial charge in [0, 0.05) is 38.2 Å². The normalized spacial score (nSPS) is 22.6. The molecule has 1 atom stereocenters. The molecule has 2 heterocycles. The number of hydrogen-bond acceptors (Lipinski definition) is 4. The minimum absolute atomic E-state index is 0. The number of carbonyl (C=O) groups excluding carboxylic acids is 1. The first-order chi connectivity index (χ1) is 11.1. The van der Waals surface area contributed by atoms with E-state index in [1.165, 1.54) is 12.0 Å². The largest absolute Gasteiger partial charge is 0.388 e. The molecular weight excluding hydrogens is 328 g/mol. The van der Waals surface area contributed by atoms with Crippen molar-refractivity contribution in [2.24, 2.45) is 5.92 Å². The first kappa shape index (κ1) is 19.2. The first-order valence-electron chi connectivity index (χ1n) is 8.53. The van der Waals surface area contributed by atoms with Crippen LogP contribution in [-0.4, -0.2) is 49.5 Å². The van der Waals surface area contributed by atoms with Crippen molar-refractivity contribution in [1.82, 2.24) is 10.6 Å². The van der Waals surface area contributed by atoms with Crippen molar-refractivity contribution in [1.29, 1.82) is 0 Å². The topological polar surface area (TPSA) is 70.6 Å². The van der Waals surface area contributed by atoms with E-state index in [-0.39, 0.29) is 24.9 Å². The molecule has 3 rings (SSSR count). The molecule has 1 amide bonds. The Kier molecular flexibility index (Phi) is 7.04. The molecule has 24 heavy (non-hydrogen) atoms. The van der Waals surface area contributed by atoms with Crippen LogP contribution >= 0.6 is 12.4 Å². The second-order valence-electron chi connectivity index (χ2n) is 6.78. The summed E-state index contributed by atoms with van der Waals surface area (Å²) in [6.07, 6.45) is 3.43. The third kappa shape index (κ3) is 5.18. The number of aliphatic hydroxyl groups is 1. The average molecular weight is 355 g/mol. The highest BCUT2D eigenvalue weighted by molar-refractivity contribution is 5.94. The molecule has 5 nitrogen and oxygen atoms in total. The van der Waals surface area contributed by atoms with E-state index < -0.39 is 5.60 Å². The van der Waals surface area contributed by atoms with Gasteiger partial charge in [0.25, 0.3) is 5.91 Å². The van der Waals surface area contributed by atoms with Crippen LogP contribution in [0.4, 0.5) is 0 Å². The third-order valence-electron chi connectivity index (χ3n) is 4.90. The van der Waals surface area contributed by atoms with Gasteiger partial charge in [-0.2, -0.15) is 0 Å². The maximum Gasteiger partial charge on any atom is 0.251 e. The van der Waals surface area contributed by atoms with Crippen LogP contribution < -0.4 is 10.6 Å². The molecule has 3 N–H and O–H groups in total. The SMILES string of the molecule is Cl.O=C(NCC1(O)CCOCC1)c1ccc(CC2CCNC2)cc1. The number of hydrogen-bond donors (Lipinski definition) is 3. The van der Waals surface area contributed by atoms with Crippen LogP contribution in [0.2, 0.25) is 0 Å². The lowest BCUT2D eigenvalue weighted by atomic mass is 9.94. The zero-order valence-electron chi connectivity index (χ0n) is 13.9. The minimum atomic E-state index is -0.830. The lowest BCUT2D eigenvalue weighted by molar-refractivity contribution is -0.0605. The number of carbonyl (C=O) groups is 1. The fourth-order valence-corrected chi connectivity index (χ4v) is 3.29. The lowest BCUT2D eigenvalue weighted by Gasteiger charge is -2.32. The van der Waals surface area contributed by atoms with Crippen LogP contribution in [0.3, 0.4) is 0 Å². The fourth-order valence-electron chi connectivity index (χ4n) is 3.29. The summed E-state index contributed by atoms with van der Waals surface area (Å²) in [7, 11) is 0. The Balaban J connectivity index is 0.00000208. The molecule has 1 aromatic carbocycles. The highest BCUT2D eigenvalue weighted by atomic mass is 35.5. The van der Waals surface area contributed by atoms with Gasteiger partial charge in [-0.3, -0.25) is 4.79 Å². The van der Waals surface area contributed by atoms with Crippen molar-refractivity contribution < 1.29 is 14.6 Å².